The normalized spacial score (nSPS) is 11.7. The first-order valence-electron chi connectivity index (χ1n) is 5.30. The number of rotatable bonds is 7. The van der Waals surface area contributed by atoms with E-state index in [1.54, 1.807) is 0 Å². The van der Waals surface area contributed by atoms with Crippen molar-refractivity contribution < 1.29 is 22.3 Å². The van der Waals surface area contributed by atoms with Gasteiger partial charge in [-0.15, -0.1) is 0 Å². The Morgan fingerprint density at radius 2 is 2.11 bits per heavy atom. The van der Waals surface area contributed by atoms with E-state index < -0.39 is 18.9 Å². The van der Waals surface area contributed by atoms with Crippen LogP contribution in [-0.2, 0) is 0 Å². The molecule has 0 bridgehead atoms. The lowest BCUT2D eigenvalue weighted by atomic mass is 10.3. The fraction of sp³-hybridized carbons (Fsp3) is 0.600. The smallest absolute Gasteiger partial charge is 0.324 e. The molecule has 8 heteroatoms. The molecule has 0 spiro atoms. The molecule has 0 aromatic carbocycles. The van der Waals surface area contributed by atoms with Crippen molar-refractivity contribution in [2.45, 2.75) is 25.7 Å². The molecule has 1 heterocycles. The molecule has 1 aromatic rings. The first-order valence-corrected chi connectivity index (χ1v) is 5.30. The molecule has 1 aromatic heterocycles. The Hall–Kier alpha value is -1.60. The standard InChI is InChI=1S/C10H13F4N3O/c1-2-3-18-8-4-7(16-6-17-8)15-5-10(13,14)9(11)12/h4,6,9H,2-3,5H2,1H3,(H,15,16,17). The summed E-state index contributed by atoms with van der Waals surface area (Å²) in [7, 11) is 0. The second kappa shape index (κ2) is 6.36. The predicted octanol–water partition coefficient (Wildman–Crippen LogP) is 2.58. The molecule has 0 saturated carbocycles. The maximum absolute atomic E-state index is 12.6. The Bertz CT molecular complexity index is 376. The summed E-state index contributed by atoms with van der Waals surface area (Å²) < 4.78 is 54.3. The van der Waals surface area contributed by atoms with Crippen LogP contribution in [0.1, 0.15) is 13.3 Å². The number of aromatic nitrogens is 2. The third kappa shape index (κ3) is 4.34. The van der Waals surface area contributed by atoms with Crippen molar-refractivity contribution in [3.8, 4) is 5.88 Å². The van der Waals surface area contributed by atoms with E-state index >= 15 is 0 Å². The summed E-state index contributed by atoms with van der Waals surface area (Å²) >= 11 is 0. The summed E-state index contributed by atoms with van der Waals surface area (Å²) in [6.45, 7) is 1.11. The van der Waals surface area contributed by atoms with Gasteiger partial charge in [-0.1, -0.05) is 6.92 Å². The minimum Gasteiger partial charge on any atom is -0.478 e. The molecule has 0 atom stereocenters. The zero-order chi connectivity index (χ0) is 13.6. The molecule has 0 radical (unpaired) electrons. The van der Waals surface area contributed by atoms with Crippen LogP contribution in [0.2, 0.25) is 0 Å². The highest BCUT2D eigenvalue weighted by atomic mass is 19.3. The van der Waals surface area contributed by atoms with Crippen LogP contribution in [0.25, 0.3) is 0 Å². The number of nitrogens with one attached hydrogen (secondary N) is 1. The van der Waals surface area contributed by atoms with Gasteiger partial charge < -0.3 is 10.1 Å². The van der Waals surface area contributed by atoms with Crippen LogP contribution in [-0.4, -0.2) is 35.5 Å². The van der Waals surface area contributed by atoms with Gasteiger partial charge in [0.1, 0.15) is 12.1 Å². The minimum absolute atomic E-state index is 0.0106. The molecule has 18 heavy (non-hydrogen) atoms. The van der Waals surface area contributed by atoms with E-state index in [0.29, 0.717) is 6.61 Å². The number of anilines is 1. The summed E-state index contributed by atoms with van der Waals surface area (Å²) in [5.41, 5.74) is 0. The van der Waals surface area contributed by atoms with Gasteiger partial charge in [0, 0.05) is 6.07 Å². The van der Waals surface area contributed by atoms with E-state index in [-0.39, 0.29) is 11.7 Å². The number of hydrogen-bond acceptors (Lipinski definition) is 4. The first kappa shape index (κ1) is 14.5. The quantitative estimate of drug-likeness (QED) is 0.771. The van der Waals surface area contributed by atoms with Crippen molar-refractivity contribution in [3.63, 3.8) is 0 Å². The van der Waals surface area contributed by atoms with Crippen molar-refractivity contribution >= 4 is 5.82 Å². The fourth-order valence-corrected chi connectivity index (χ4v) is 1.01. The topological polar surface area (TPSA) is 47.0 Å². The molecule has 0 saturated heterocycles. The lowest BCUT2D eigenvalue weighted by Gasteiger charge is -2.16. The lowest BCUT2D eigenvalue weighted by Crippen LogP contribution is -2.35. The SMILES string of the molecule is CCCOc1cc(NCC(F)(F)C(F)F)ncn1. The highest BCUT2D eigenvalue weighted by Gasteiger charge is 2.40. The van der Waals surface area contributed by atoms with Gasteiger partial charge in [0.2, 0.25) is 5.88 Å². The maximum Gasteiger partial charge on any atom is 0.324 e. The van der Waals surface area contributed by atoms with Crippen LogP contribution in [0.3, 0.4) is 0 Å². The summed E-state index contributed by atoms with van der Waals surface area (Å²) in [6.07, 6.45) is -1.85. The van der Waals surface area contributed by atoms with Crippen molar-refractivity contribution in [2.75, 3.05) is 18.5 Å². The summed E-state index contributed by atoms with van der Waals surface area (Å²) in [6, 6.07) is 1.28. The molecule has 0 aliphatic rings. The van der Waals surface area contributed by atoms with E-state index in [9.17, 15) is 17.6 Å². The van der Waals surface area contributed by atoms with E-state index in [0.717, 1.165) is 12.7 Å². The van der Waals surface area contributed by atoms with Gasteiger partial charge in [-0.3, -0.25) is 0 Å². The van der Waals surface area contributed by atoms with Gasteiger partial charge in [-0.25, -0.2) is 18.7 Å². The molecule has 0 unspecified atom stereocenters. The highest BCUT2D eigenvalue weighted by molar-refractivity contribution is 5.37. The van der Waals surface area contributed by atoms with Gasteiger partial charge in [0.25, 0.3) is 0 Å². The van der Waals surface area contributed by atoms with Crippen LogP contribution < -0.4 is 10.1 Å². The third-order valence-electron chi connectivity index (χ3n) is 1.92. The summed E-state index contributed by atoms with van der Waals surface area (Å²) in [5, 5.41) is 2.12. The Labute approximate surface area is 101 Å². The maximum atomic E-state index is 12.6. The molecule has 0 amide bonds. The van der Waals surface area contributed by atoms with Crippen molar-refractivity contribution in [3.05, 3.63) is 12.4 Å². The van der Waals surface area contributed by atoms with Crippen LogP contribution in [0.4, 0.5) is 23.4 Å². The van der Waals surface area contributed by atoms with Gasteiger partial charge >= 0.3 is 12.3 Å². The zero-order valence-electron chi connectivity index (χ0n) is 9.67. The number of ether oxygens (including phenoxy) is 1. The van der Waals surface area contributed by atoms with E-state index in [2.05, 4.69) is 15.3 Å². The second-order valence-electron chi connectivity index (χ2n) is 3.51. The number of hydrogen-bond donors (Lipinski definition) is 1. The Morgan fingerprint density at radius 1 is 1.39 bits per heavy atom. The number of alkyl halides is 4. The van der Waals surface area contributed by atoms with Crippen LogP contribution in [0.5, 0.6) is 5.88 Å². The monoisotopic (exact) mass is 267 g/mol. The Kier molecular flexibility index (Phi) is 5.11. The average molecular weight is 267 g/mol. The first-order chi connectivity index (χ1) is 8.45. The predicted molar refractivity (Wildman–Crippen MR) is 57.3 cm³/mol. The molecule has 0 fully saturated rings. The largest absolute Gasteiger partial charge is 0.478 e. The minimum atomic E-state index is -4.10. The van der Waals surface area contributed by atoms with Gasteiger partial charge in [0.05, 0.1) is 13.2 Å². The van der Waals surface area contributed by atoms with Crippen molar-refractivity contribution in [1.82, 2.24) is 9.97 Å². The third-order valence-corrected chi connectivity index (χ3v) is 1.92. The molecule has 0 aliphatic heterocycles. The fourth-order valence-electron chi connectivity index (χ4n) is 1.01. The zero-order valence-corrected chi connectivity index (χ0v) is 9.67. The molecule has 0 aliphatic carbocycles. The Morgan fingerprint density at radius 3 is 2.72 bits per heavy atom. The molecular formula is C10H13F4N3O. The second-order valence-corrected chi connectivity index (χ2v) is 3.51. The Balaban J connectivity index is 2.57. The van der Waals surface area contributed by atoms with Crippen LogP contribution in [0.15, 0.2) is 12.4 Å². The summed E-state index contributed by atoms with van der Waals surface area (Å²) in [4.78, 5) is 7.38. The van der Waals surface area contributed by atoms with Crippen molar-refractivity contribution in [2.24, 2.45) is 0 Å². The molecule has 102 valence electrons. The lowest BCUT2D eigenvalue weighted by molar-refractivity contribution is -0.117. The van der Waals surface area contributed by atoms with Gasteiger partial charge in [0.15, 0.2) is 0 Å². The van der Waals surface area contributed by atoms with Gasteiger partial charge in [-0.05, 0) is 6.42 Å². The van der Waals surface area contributed by atoms with Gasteiger partial charge in [-0.2, -0.15) is 8.78 Å². The average Bonchev–Trinajstić information content (AvgIpc) is 2.34. The number of nitrogens with zero attached hydrogens (tertiary/aromatic N) is 2. The van der Waals surface area contributed by atoms with Crippen molar-refractivity contribution in [1.29, 1.82) is 0 Å². The van der Waals surface area contributed by atoms with E-state index in [1.807, 2.05) is 6.92 Å². The van der Waals surface area contributed by atoms with Crippen LogP contribution in [0, 0.1) is 0 Å². The highest BCUT2D eigenvalue weighted by Crippen LogP contribution is 2.23. The molecule has 1 rings (SSSR count). The molecule has 1 N–H and O–H groups in total. The summed E-state index contributed by atoms with van der Waals surface area (Å²) in [5.74, 6) is -3.89. The van der Waals surface area contributed by atoms with Crippen LogP contribution >= 0.6 is 0 Å². The molecule has 4 nitrogen and oxygen atoms in total. The molecular weight excluding hydrogens is 254 g/mol. The van der Waals surface area contributed by atoms with E-state index in [4.69, 9.17) is 4.74 Å². The number of halogens is 4. The van der Waals surface area contributed by atoms with E-state index in [1.165, 1.54) is 6.07 Å².